The van der Waals surface area contributed by atoms with Gasteiger partial charge in [-0.3, -0.25) is 14.9 Å². The largest absolute Gasteiger partial charge is 0.368 e. The Balaban J connectivity index is 1.19. The van der Waals surface area contributed by atoms with Crippen molar-refractivity contribution in [3.63, 3.8) is 0 Å². The van der Waals surface area contributed by atoms with Crippen LogP contribution in [0.3, 0.4) is 0 Å². The van der Waals surface area contributed by atoms with Gasteiger partial charge >= 0.3 is 6.03 Å². The number of nitrogens with zero attached hydrogens (tertiary/aromatic N) is 3. The third kappa shape index (κ3) is 3.20. The van der Waals surface area contributed by atoms with Crippen LogP contribution >= 0.6 is 0 Å². The molecule has 1 aliphatic carbocycles. The van der Waals surface area contributed by atoms with Crippen LogP contribution in [0.25, 0.3) is 10.9 Å². The summed E-state index contributed by atoms with van der Waals surface area (Å²) in [6, 6.07) is 8.15. The summed E-state index contributed by atoms with van der Waals surface area (Å²) >= 11 is 0. The van der Waals surface area contributed by atoms with Crippen molar-refractivity contribution >= 4 is 34.4 Å². The highest BCUT2D eigenvalue weighted by Crippen LogP contribution is 2.43. The fourth-order valence-corrected chi connectivity index (χ4v) is 4.87. The summed E-state index contributed by atoms with van der Waals surface area (Å²) in [6.07, 6.45) is 4.56. The van der Waals surface area contributed by atoms with Gasteiger partial charge in [0.2, 0.25) is 5.91 Å². The van der Waals surface area contributed by atoms with Crippen LogP contribution in [0, 0.1) is 5.92 Å². The average molecular weight is 409 g/mol. The number of imide groups is 1. The van der Waals surface area contributed by atoms with E-state index in [2.05, 4.69) is 50.6 Å². The Bertz CT molecular complexity index is 1020. The highest BCUT2D eigenvalue weighted by atomic mass is 16.2. The lowest BCUT2D eigenvalue weighted by Gasteiger charge is -2.36. The summed E-state index contributed by atoms with van der Waals surface area (Å²) in [5.74, 6) is -0.0637. The number of benzene rings is 1. The van der Waals surface area contributed by atoms with Crippen molar-refractivity contribution in [1.82, 2.24) is 20.1 Å². The van der Waals surface area contributed by atoms with E-state index in [0.717, 1.165) is 25.9 Å². The summed E-state index contributed by atoms with van der Waals surface area (Å²) in [4.78, 5) is 41.0. The van der Waals surface area contributed by atoms with Crippen molar-refractivity contribution in [2.45, 2.75) is 31.2 Å². The van der Waals surface area contributed by atoms with E-state index in [9.17, 15) is 14.4 Å². The second-order valence-corrected chi connectivity index (χ2v) is 8.69. The molecule has 158 valence electrons. The number of rotatable bonds is 5. The van der Waals surface area contributed by atoms with Crippen LogP contribution in [0.4, 0.5) is 10.5 Å². The van der Waals surface area contributed by atoms with Gasteiger partial charge in [0, 0.05) is 57.0 Å². The van der Waals surface area contributed by atoms with Crippen molar-refractivity contribution < 1.29 is 14.4 Å². The van der Waals surface area contributed by atoms with Gasteiger partial charge in [-0.1, -0.05) is 6.07 Å². The number of nitrogens with one attached hydrogen (secondary N) is 2. The number of carbonyl (C=O) groups excluding carboxylic acids is 3. The third-order valence-electron chi connectivity index (χ3n) is 6.85. The Kier molecular flexibility index (Phi) is 4.45. The Morgan fingerprint density at radius 1 is 1.13 bits per heavy atom. The van der Waals surface area contributed by atoms with Crippen LogP contribution in [0.15, 0.2) is 30.5 Å². The molecule has 1 saturated carbocycles. The van der Waals surface area contributed by atoms with Gasteiger partial charge in [-0.05, 0) is 48.8 Å². The van der Waals surface area contributed by atoms with Gasteiger partial charge < -0.3 is 19.7 Å². The maximum absolute atomic E-state index is 12.8. The summed E-state index contributed by atoms with van der Waals surface area (Å²) in [7, 11) is 2.05. The molecular formula is C22H27N5O3. The number of urea groups is 1. The number of hydrogen-bond donors (Lipinski definition) is 2. The first-order valence-electron chi connectivity index (χ1n) is 10.7. The number of carbonyl (C=O) groups is 3. The van der Waals surface area contributed by atoms with Crippen LogP contribution < -0.4 is 15.5 Å². The minimum absolute atomic E-state index is 0.0570. The van der Waals surface area contributed by atoms with E-state index in [1.54, 1.807) is 0 Å². The summed E-state index contributed by atoms with van der Waals surface area (Å²) in [5.41, 5.74) is 1.49. The monoisotopic (exact) mass is 409 g/mol. The molecule has 5 rings (SSSR count). The lowest BCUT2D eigenvalue weighted by Crippen LogP contribution is -2.51. The molecule has 2 aromatic rings. The first-order chi connectivity index (χ1) is 14.5. The zero-order chi connectivity index (χ0) is 20.9. The Morgan fingerprint density at radius 3 is 2.57 bits per heavy atom. The van der Waals surface area contributed by atoms with Crippen LogP contribution in [0.2, 0.25) is 0 Å². The number of piperazine rings is 1. The van der Waals surface area contributed by atoms with Crippen molar-refractivity contribution in [2.75, 3.05) is 31.1 Å². The van der Waals surface area contributed by atoms with Gasteiger partial charge in [0.15, 0.2) is 0 Å². The van der Waals surface area contributed by atoms with E-state index >= 15 is 0 Å². The van der Waals surface area contributed by atoms with Crippen LogP contribution in [-0.2, 0) is 16.6 Å². The Morgan fingerprint density at radius 2 is 1.90 bits per heavy atom. The van der Waals surface area contributed by atoms with Crippen molar-refractivity contribution in [2.24, 2.45) is 13.0 Å². The van der Waals surface area contributed by atoms with E-state index in [0.29, 0.717) is 19.5 Å². The van der Waals surface area contributed by atoms with Gasteiger partial charge in [0.1, 0.15) is 5.54 Å². The van der Waals surface area contributed by atoms with E-state index in [1.807, 2.05) is 11.9 Å². The maximum atomic E-state index is 12.8. The lowest BCUT2D eigenvalue weighted by atomic mass is 9.87. The predicted octanol–water partition coefficient (Wildman–Crippen LogP) is 1.60. The highest BCUT2D eigenvalue weighted by molar-refractivity contribution is 6.07. The molecule has 3 aliphatic rings. The average Bonchev–Trinajstić information content (AvgIpc) is 3.48. The van der Waals surface area contributed by atoms with E-state index in [1.165, 1.54) is 16.6 Å². The van der Waals surface area contributed by atoms with E-state index < -0.39 is 11.6 Å². The fourth-order valence-electron chi connectivity index (χ4n) is 4.87. The molecule has 4 amide bonds. The second-order valence-electron chi connectivity index (χ2n) is 8.69. The van der Waals surface area contributed by atoms with Crippen LogP contribution in [0.5, 0.6) is 0 Å². The molecule has 0 spiro atoms. The van der Waals surface area contributed by atoms with Crippen LogP contribution in [-0.4, -0.2) is 59.0 Å². The number of aromatic nitrogens is 1. The smallest absolute Gasteiger partial charge is 0.322 e. The minimum atomic E-state index is -0.890. The van der Waals surface area contributed by atoms with Gasteiger partial charge in [-0.2, -0.15) is 0 Å². The van der Waals surface area contributed by atoms with Gasteiger partial charge in [-0.25, -0.2) is 4.79 Å². The molecule has 3 heterocycles. The molecule has 1 aromatic carbocycles. The summed E-state index contributed by atoms with van der Waals surface area (Å²) < 4.78 is 2.12. The first-order valence-corrected chi connectivity index (χ1v) is 10.7. The highest BCUT2D eigenvalue weighted by Gasteiger charge is 2.55. The Hall–Kier alpha value is -3.03. The fraction of sp³-hybridized carbons (Fsp3) is 0.500. The number of fused-ring (bicyclic) bond motifs is 1. The summed E-state index contributed by atoms with van der Waals surface area (Å²) in [5, 5.41) is 6.38. The zero-order valence-corrected chi connectivity index (χ0v) is 17.2. The normalized spacial score (nSPS) is 24.3. The van der Waals surface area contributed by atoms with E-state index in [-0.39, 0.29) is 24.2 Å². The second kappa shape index (κ2) is 7.04. The topological polar surface area (TPSA) is 86.7 Å². The number of anilines is 1. The predicted molar refractivity (Wildman–Crippen MR) is 113 cm³/mol. The molecule has 30 heavy (non-hydrogen) atoms. The molecule has 1 aromatic heterocycles. The molecule has 2 N–H and O–H groups in total. The lowest BCUT2D eigenvalue weighted by molar-refractivity contribution is -0.132. The van der Waals surface area contributed by atoms with Crippen LogP contribution in [0.1, 0.15) is 25.7 Å². The van der Waals surface area contributed by atoms with Gasteiger partial charge in [-0.15, -0.1) is 0 Å². The number of aryl methyl sites for hydroxylation is 1. The number of amides is 4. The third-order valence-corrected chi connectivity index (χ3v) is 6.85. The zero-order valence-electron chi connectivity index (χ0n) is 17.2. The first kappa shape index (κ1) is 19.0. The van der Waals surface area contributed by atoms with Gasteiger partial charge in [0.25, 0.3) is 5.91 Å². The molecular weight excluding hydrogens is 382 g/mol. The van der Waals surface area contributed by atoms with Crippen molar-refractivity contribution in [3.05, 3.63) is 30.5 Å². The molecule has 1 unspecified atom stereocenters. The molecule has 2 saturated heterocycles. The minimum Gasteiger partial charge on any atom is -0.368 e. The standard InChI is InChI=1S/C22H27N5O3/c1-25-9-7-15-2-5-17(14-18(15)25)26-10-12-27(13-11-26)19(28)6-8-22(16-3-4-16)20(29)23-21(30)24-22/h2,5,7,9,14,16H,3-4,6,8,10-13H2,1H3,(H2,23,24,29,30). The molecule has 3 fully saturated rings. The molecule has 1 atom stereocenters. The molecule has 8 nitrogen and oxygen atoms in total. The Labute approximate surface area is 175 Å². The molecule has 0 bridgehead atoms. The van der Waals surface area contributed by atoms with Crippen molar-refractivity contribution in [3.8, 4) is 0 Å². The molecule has 2 aliphatic heterocycles. The quantitative estimate of drug-likeness (QED) is 0.735. The number of hydrogen-bond acceptors (Lipinski definition) is 4. The van der Waals surface area contributed by atoms with Gasteiger partial charge in [0.05, 0.1) is 0 Å². The maximum Gasteiger partial charge on any atom is 0.322 e. The molecule has 0 radical (unpaired) electrons. The van der Waals surface area contributed by atoms with E-state index in [4.69, 9.17) is 0 Å². The van der Waals surface area contributed by atoms with Crippen molar-refractivity contribution in [1.29, 1.82) is 0 Å². The summed E-state index contributed by atoms with van der Waals surface area (Å²) in [6.45, 7) is 2.90. The SMILES string of the molecule is Cn1ccc2ccc(N3CCN(C(=O)CCC4(C5CC5)NC(=O)NC4=O)CC3)cc21. The molecule has 8 heteroatoms.